The molecule has 0 aliphatic heterocycles. The Morgan fingerprint density at radius 1 is 1.44 bits per heavy atom. The molecule has 0 fully saturated rings. The van der Waals surface area contributed by atoms with Gasteiger partial charge in [0.05, 0.1) is 0 Å². The number of hydrogen-bond donors (Lipinski definition) is 1. The first-order chi connectivity index (χ1) is 8.61. The Morgan fingerprint density at radius 3 is 2.78 bits per heavy atom. The number of nitrogens with zero attached hydrogens (tertiary/aromatic N) is 3. The van der Waals surface area contributed by atoms with Gasteiger partial charge in [0.15, 0.2) is 0 Å². The normalized spacial score (nSPS) is 12.7. The molecule has 1 aromatic carbocycles. The van der Waals surface area contributed by atoms with Crippen molar-refractivity contribution >= 4 is 15.9 Å². The zero-order valence-electron chi connectivity index (χ0n) is 10.8. The van der Waals surface area contributed by atoms with Gasteiger partial charge in [-0.05, 0) is 31.2 Å². The van der Waals surface area contributed by atoms with E-state index < -0.39 is 0 Å². The number of nitrogens with one attached hydrogen (secondary N) is 1. The monoisotopic (exact) mass is 308 g/mol. The summed E-state index contributed by atoms with van der Waals surface area (Å²) in [7, 11) is 3.88. The van der Waals surface area contributed by atoms with Crippen molar-refractivity contribution in [2.75, 3.05) is 7.05 Å². The van der Waals surface area contributed by atoms with Gasteiger partial charge in [-0.3, -0.25) is 4.68 Å². The average molecular weight is 309 g/mol. The highest BCUT2D eigenvalue weighted by Crippen LogP contribution is 2.23. The standard InChI is InChI=1S/C13H17BrN4/c1-9-4-5-10(6-11(9)14)12(15-2)7-13-16-8-17-18(13)3/h4-6,8,12,15H,7H2,1-3H3. The number of benzene rings is 1. The molecule has 1 N–H and O–H groups in total. The lowest BCUT2D eigenvalue weighted by Gasteiger charge is -2.17. The maximum Gasteiger partial charge on any atom is 0.138 e. The topological polar surface area (TPSA) is 42.7 Å². The number of aromatic nitrogens is 3. The molecule has 96 valence electrons. The molecule has 0 saturated carbocycles. The van der Waals surface area contributed by atoms with Gasteiger partial charge in [0.25, 0.3) is 0 Å². The van der Waals surface area contributed by atoms with Crippen LogP contribution in [0, 0.1) is 6.92 Å². The minimum absolute atomic E-state index is 0.241. The predicted octanol–water partition coefficient (Wildman–Crippen LogP) is 2.39. The Bertz CT molecular complexity index is 536. The zero-order chi connectivity index (χ0) is 13.1. The van der Waals surface area contributed by atoms with E-state index in [-0.39, 0.29) is 6.04 Å². The van der Waals surface area contributed by atoms with Crippen LogP contribution in [0.3, 0.4) is 0 Å². The molecule has 0 bridgehead atoms. The van der Waals surface area contributed by atoms with E-state index in [0.29, 0.717) is 0 Å². The molecule has 1 atom stereocenters. The van der Waals surface area contributed by atoms with Gasteiger partial charge in [-0.2, -0.15) is 5.10 Å². The summed E-state index contributed by atoms with van der Waals surface area (Å²) >= 11 is 3.57. The fourth-order valence-corrected chi connectivity index (χ4v) is 2.30. The zero-order valence-corrected chi connectivity index (χ0v) is 12.4. The summed E-state index contributed by atoms with van der Waals surface area (Å²) in [5.74, 6) is 0.978. The largest absolute Gasteiger partial charge is 0.313 e. The number of hydrogen-bond acceptors (Lipinski definition) is 3. The minimum Gasteiger partial charge on any atom is -0.313 e. The first-order valence-corrected chi connectivity index (χ1v) is 6.67. The molecule has 0 aliphatic rings. The van der Waals surface area contributed by atoms with E-state index in [2.05, 4.69) is 56.5 Å². The molecule has 0 radical (unpaired) electrons. The van der Waals surface area contributed by atoms with Gasteiger partial charge < -0.3 is 5.32 Å². The maximum atomic E-state index is 4.27. The van der Waals surface area contributed by atoms with Crippen molar-refractivity contribution in [2.24, 2.45) is 7.05 Å². The van der Waals surface area contributed by atoms with Gasteiger partial charge in [-0.15, -0.1) is 0 Å². The summed E-state index contributed by atoms with van der Waals surface area (Å²) in [6.07, 6.45) is 2.41. The maximum absolute atomic E-state index is 4.27. The fourth-order valence-electron chi connectivity index (χ4n) is 1.90. The number of aryl methyl sites for hydroxylation is 2. The summed E-state index contributed by atoms with van der Waals surface area (Å²) in [6, 6.07) is 6.68. The van der Waals surface area contributed by atoms with Crippen LogP contribution in [0.5, 0.6) is 0 Å². The van der Waals surface area contributed by atoms with Gasteiger partial charge in [0, 0.05) is 24.0 Å². The van der Waals surface area contributed by atoms with Gasteiger partial charge in [-0.1, -0.05) is 28.1 Å². The van der Waals surface area contributed by atoms with E-state index in [1.54, 1.807) is 6.33 Å². The molecule has 0 aliphatic carbocycles. The van der Waals surface area contributed by atoms with E-state index in [4.69, 9.17) is 0 Å². The summed E-state index contributed by atoms with van der Waals surface area (Å²) in [4.78, 5) is 4.27. The minimum atomic E-state index is 0.241. The molecule has 4 nitrogen and oxygen atoms in total. The lowest BCUT2D eigenvalue weighted by Crippen LogP contribution is -2.20. The third kappa shape index (κ3) is 2.79. The van der Waals surface area contributed by atoms with E-state index in [9.17, 15) is 0 Å². The van der Waals surface area contributed by atoms with E-state index in [0.717, 1.165) is 16.7 Å². The Kier molecular flexibility index (Phi) is 4.14. The second-order valence-corrected chi connectivity index (χ2v) is 5.21. The molecule has 0 saturated heterocycles. The average Bonchev–Trinajstić information content (AvgIpc) is 2.75. The highest BCUT2D eigenvalue weighted by atomic mass is 79.9. The second kappa shape index (κ2) is 5.63. The molecule has 5 heteroatoms. The molecule has 2 aromatic rings. The lowest BCUT2D eigenvalue weighted by molar-refractivity contribution is 0.553. The molecular weight excluding hydrogens is 292 g/mol. The van der Waals surface area contributed by atoms with E-state index in [1.807, 2.05) is 18.8 Å². The summed E-state index contributed by atoms with van der Waals surface area (Å²) in [5.41, 5.74) is 2.49. The van der Waals surface area contributed by atoms with Crippen molar-refractivity contribution in [1.82, 2.24) is 20.1 Å². The van der Waals surface area contributed by atoms with Crippen molar-refractivity contribution in [3.05, 3.63) is 46.0 Å². The van der Waals surface area contributed by atoms with E-state index in [1.165, 1.54) is 11.1 Å². The Labute approximate surface area is 116 Å². The fraction of sp³-hybridized carbons (Fsp3) is 0.385. The van der Waals surface area contributed by atoms with Crippen LogP contribution < -0.4 is 5.32 Å². The van der Waals surface area contributed by atoms with Crippen LogP contribution in [0.2, 0.25) is 0 Å². The van der Waals surface area contributed by atoms with Gasteiger partial charge in [0.1, 0.15) is 12.2 Å². The predicted molar refractivity (Wildman–Crippen MR) is 75.4 cm³/mol. The molecular formula is C13H17BrN4. The van der Waals surface area contributed by atoms with Crippen molar-refractivity contribution in [1.29, 1.82) is 0 Å². The van der Waals surface area contributed by atoms with Crippen LogP contribution in [-0.4, -0.2) is 21.8 Å². The third-order valence-corrected chi connectivity index (χ3v) is 3.99. The first kappa shape index (κ1) is 13.2. The highest BCUT2D eigenvalue weighted by molar-refractivity contribution is 9.10. The Morgan fingerprint density at radius 2 is 2.22 bits per heavy atom. The second-order valence-electron chi connectivity index (χ2n) is 4.35. The molecule has 18 heavy (non-hydrogen) atoms. The van der Waals surface area contributed by atoms with Gasteiger partial charge in [-0.25, -0.2) is 4.98 Å². The lowest BCUT2D eigenvalue weighted by atomic mass is 10.0. The molecule has 0 spiro atoms. The number of rotatable bonds is 4. The first-order valence-electron chi connectivity index (χ1n) is 5.88. The number of likely N-dealkylation sites (N-methyl/N-ethyl adjacent to an activating group) is 1. The summed E-state index contributed by atoms with van der Waals surface area (Å²) < 4.78 is 2.95. The van der Waals surface area contributed by atoms with Crippen molar-refractivity contribution < 1.29 is 0 Å². The molecule has 2 rings (SSSR count). The van der Waals surface area contributed by atoms with Crippen LogP contribution in [0.1, 0.15) is 23.0 Å². The van der Waals surface area contributed by atoms with Gasteiger partial charge in [0.2, 0.25) is 0 Å². The van der Waals surface area contributed by atoms with Crippen LogP contribution in [0.4, 0.5) is 0 Å². The number of halogens is 1. The van der Waals surface area contributed by atoms with Crippen molar-refractivity contribution in [3.8, 4) is 0 Å². The smallest absolute Gasteiger partial charge is 0.138 e. The summed E-state index contributed by atoms with van der Waals surface area (Å²) in [6.45, 7) is 2.09. The molecule has 1 unspecified atom stereocenters. The van der Waals surface area contributed by atoms with Gasteiger partial charge >= 0.3 is 0 Å². The van der Waals surface area contributed by atoms with Crippen LogP contribution >= 0.6 is 15.9 Å². The highest BCUT2D eigenvalue weighted by Gasteiger charge is 2.14. The molecule has 0 amide bonds. The van der Waals surface area contributed by atoms with E-state index >= 15 is 0 Å². The van der Waals surface area contributed by atoms with Crippen LogP contribution in [-0.2, 0) is 13.5 Å². The van der Waals surface area contributed by atoms with Crippen molar-refractivity contribution in [2.45, 2.75) is 19.4 Å². The molecule has 1 heterocycles. The summed E-state index contributed by atoms with van der Waals surface area (Å²) in [5, 5.41) is 7.43. The Hall–Kier alpha value is -1.20. The van der Waals surface area contributed by atoms with Crippen LogP contribution in [0.25, 0.3) is 0 Å². The third-order valence-electron chi connectivity index (χ3n) is 3.14. The SMILES string of the molecule is CNC(Cc1ncnn1C)c1ccc(C)c(Br)c1. The Balaban J connectivity index is 2.23. The van der Waals surface area contributed by atoms with Crippen LogP contribution in [0.15, 0.2) is 29.0 Å². The quantitative estimate of drug-likeness (QED) is 0.943. The van der Waals surface area contributed by atoms with Crippen molar-refractivity contribution in [3.63, 3.8) is 0 Å². The molecule has 1 aromatic heterocycles.